The van der Waals surface area contributed by atoms with Gasteiger partial charge in [-0.2, -0.15) is 0 Å². The number of nitrogens with zero attached hydrogens (tertiary/aromatic N) is 2. The first-order valence-electron chi connectivity index (χ1n) is 8.63. The lowest BCUT2D eigenvalue weighted by Gasteiger charge is -2.32. The summed E-state index contributed by atoms with van der Waals surface area (Å²) in [4.78, 5) is 20.0. The minimum absolute atomic E-state index is 0.108. The molecular weight excluding hydrogens is 320 g/mol. The van der Waals surface area contributed by atoms with E-state index in [1.165, 1.54) is 4.88 Å². The molecule has 0 aliphatic carbocycles. The second-order valence-electron chi connectivity index (χ2n) is 6.24. The summed E-state index contributed by atoms with van der Waals surface area (Å²) in [6, 6.07) is 5.98. The molecule has 1 fully saturated rings. The van der Waals surface area contributed by atoms with Gasteiger partial charge in [-0.1, -0.05) is 19.4 Å². The Bertz CT molecular complexity index is 656. The van der Waals surface area contributed by atoms with Gasteiger partial charge in [0.05, 0.1) is 18.3 Å². The van der Waals surface area contributed by atoms with Gasteiger partial charge >= 0.3 is 0 Å². The van der Waals surface area contributed by atoms with Gasteiger partial charge in [0.2, 0.25) is 0 Å². The summed E-state index contributed by atoms with van der Waals surface area (Å²) >= 11 is 1.69. The average Bonchev–Trinajstić information content (AvgIpc) is 3.09. The molecule has 24 heavy (non-hydrogen) atoms. The van der Waals surface area contributed by atoms with Crippen molar-refractivity contribution in [2.24, 2.45) is 0 Å². The summed E-state index contributed by atoms with van der Waals surface area (Å²) in [6.45, 7) is 4.22. The van der Waals surface area contributed by atoms with E-state index >= 15 is 0 Å². The van der Waals surface area contributed by atoms with Gasteiger partial charge in [-0.15, -0.1) is 11.3 Å². The molecule has 1 aliphatic heterocycles. The molecular formula is C19H24N2O2S. The van der Waals surface area contributed by atoms with Gasteiger partial charge in [-0.25, -0.2) is 0 Å². The first-order valence-corrected chi connectivity index (χ1v) is 9.51. The Labute approximate surface area is 147 Å². The molecule has 2 aromatic heterocycles. The Hall–Kier alpha value is -1.72. The Morgan fingerprint density at radius 1 is 1.50 bits per heavy atom. The second-order valence-corrected chi connectivity index (χ2v) is 7.24. The smallest absolute Gasteiger partial charge is 0.254 e. The fourth-order valence-electron chi connectivity index (χ4n) is 3.01. The highest BCUT2D eigenvalue weighted by Crippen LogP contribution is 2.21. The van der Waals surface area contributed by atoms with Crippen LogP contribution in [-0.2, 0) is 17.8 Å². The van der Waals surface area contributed by atoms with E-state index in [2.05, 4.69) is 18.0 Å². The van der Waals surface area contributed by atoms with Crippen molar-refractivity contribution < 1.29 is 9.53 Å². The molecule has 1 atom stereocenters. The predicted molar refractivity (Wildman–Crippen MR) is 96.3 cm³/mol. The van der Waals surface area contributed by atoms with Crippen molar-refractivity contribution in [3.63, 3.8) is 0 Å². The molecule has 0 radical (unpaired) electrons. The van der Waals surface area contributed by atoms with E-state index in [0.29, 0.717) is 13.2 Å². The zero-order valence-corrected chi connectivity index (χ0v) is 14.9. The van der Waals surface area contributed by atoms with Gasteiger partial charge in [0.15, 0.2) is 0 Å². The SMILES string of the molecule is CCCc1cc(C(=O)N2CCCC(OCc3cccnc3)C2)cs1. The number of hydrogen-bond donors (Lipinski definition) is 0. The van der Waals surface area contributed by atoms with E-state index in [4.69, 9.17) is 4.74 Å². The monoisotopic (exact) mass is 344 g/mol. The van der Waals surface area contributed by atoms with E-state index in [0.717, 1.165) is 43.4 Å². The summed E-state index contributed by atoms with van der Waals surface area (Å²) < 4.78 is 6.00. The zero-order valence-electron chi connectivity index (χ0n) is 14.1. The number of likely N-dealkylation sites (tertiary alicyclic amines) is 1. The molecule has 0 bridgehead atoms. The van der Waals surface area contributed by atoms with E-state index in [9.17, 15) is 4.79 Å². The van der Waals surface area contributed by atoms with Crippen molar-refractivity contribution in [1.82, 2.24) is 9.88 Å². The summed E-state index contributed by atoms with van der Waals surface area (Å²) in [5.74, 6) is 0.142. The topological polar surface area (TPSA) is 42.4 Å². The van der Waals surface area contributed by atoms with E-state index in [1.807, 2.05) is 28.6 Å². The van der Waals surface area contributed by atoms with Gasteiger partial charge < -0.3 is 9.64 Å². The van der Waals surface area contributed by atoms with Crippen LogP contribution in [0.4, 0.5) is 0 Å². The minimum atomic E-state index is 0.108. The molecule has 0 spiro atoms. The van der Waals surface area contributed by atoms with Crippen molar-refractivity contribution in [3.05, 3.63) is 52.0 Å². The first-order chi connectivity index (χ1) is 11.8. The van der Waals surface area contributed by atoms with Crippen LogP contribution >= 0.6 is 11.3 Å². The maximum absolute atomic E-state index is 12.7. The van der Waals surface area contributed by atoms with Gasteiger partial charge in [0, 0.05) is 35.7 Å². The summed E-state index contributed by atoms with van der Waals surface area (Å²) in [6.07, 6.45) is 7.86. The number of carbonyl (C=O) groups is 1. The van der Waals surface area contributed by atoms with Gasteiger partial charge in [0.1, 0.15) is 0 Å². The predicted octanol–water partition coefficient (Wildman–Crippen LogP) is 3.92. The molecule has 1 aliphatic rings. The van der Waals surface area contributed by atoms with Gasteiger partial charge in [-0.3, -0.25) is 9.78 Å². The Kier molecular flexibility index (Phi) is 5.99. The molecule has 1 saturated heterocycles. The highest BCUT2D eigenvalue weighted by atomic mass is 32.1. The number of aromatic nitrogens is 1. The van der Waals surface area contributed by atoms with Crippen LogP contribution in [0.3, 0.4) is 0 Å². The number of amides is 1. The molecule has 4 nitrogen and oxygen atoms in total. The number of carbonyl (C=O) groups excluding carboxylic acids is 1. The van der Waals surface area contributed by atoms with Crippen LogP contribution in [0.15, 0.2) is 36.0 Å². The quantitative estimate of drug-likeness (QED) is 0.798. The van der Waals surface area contributed by atoms with Crippen LogP contribution < -0.4 is 0 Å². The van der Waals surface area contributed by atoms with Crippen molar-refractivity contribution in [2.75, 3.05) is 13.1 Å². The van der Waals surface area contributed by atoms with Crippen LogP contribution in [0.5, 0.6) is 0 Å². The van der Waals surface area contributed by atoms with Crippen molar-refractivity contribution in [1.29, 1.82) is 0 Å². The third-order valence-electron chi connectivity index (χ3n) is 4.27. The largest absolute Gasteiger partial charge is 0.372 e. The van der Waals surface area contributed by atoms with Crippen LogP contribution in [0.1, 0.15) is 47.0 Å². The molecule has 0 N–H and O–H groups in total. The van der Waals surface area contributed by atoms with Crippen LogP contribution in [0, 0.1) is 0 Å². The zero-order chi connectivity index (χ0) is 16.8. The molecule has 128 valence electrons. The van der Waals surface area contributed by atoms with E-state index < -0.39 is 0 Å². The normalized spacial score (nSPS) is 17.9. The highest BCUT2D eigenvalue weighted by Gasteiger charge is 2.25. The summed E-state index contributed by atoms with van der Waals surface area (Å²) in [7, 11) is 0. The number of piperidine rings is 1. The fourth-order valence-corrected chi connectivity index (χ4v) is 3.97. The van der Waals surface area contributed by atoms with Crippen molar-refractivity contribution in [3.8, 4) is 0 Å². The van der Waals surface area contributed by atoms with Gasteiger partial charge in [0.25, 0.3) is 5.91 Å². The maximum Gasteiger partial charge on any atom is 0.254 e. The molecule has 3 rings (SSSR count). The lowest BCUT2D eigenvalue weighted by molar-refractivity contribution is -0.00679. The lowest BCUT2D eigenvalue weighted by atomic mass is 10.1. The standard InChI is InChI=1S/C19H24N2O2S/c1-2-5-18-10-16(14-24-18)19(22)21-9-4-7-17(12-21)23-13-15-6-3-8-20-11-15/h3,6,8,10-11,14,17H,2,4-5,7,9,12-13H2,1H3. The molecule has 2 aromatic rings. The molecule has 0 saturated carbocycles. The molecule has 5 heteroatoms. The number of aryl methyl sites for hydroxylation is 1. The van der Waals surface area contributed by atoms with Crippen LogP contribution in [0.2, 0.25) is 0 Å². The summed E-state index contributed by atoms with van der Waals surface area (Å²) in [5.41, 5.74) is 1.90. The van der Waals surface area contributed by atoms with Crippen molar-refractivity contribution >= 4 is 17.2 Å². The van der Waals surface area contributed by atoms with Crippen LogP contribution in [0.25, 0.3) is 0 Å². The van der Waals surface area contributed by atoms with Gasteiger partial charge in [-0.05, 0) is 37.0 Å². The number of thiophene rings is 1. The van der Waals surface area contributed by atoms with Crippen molar-refractivity contribution in [2.45, 2.75) is 45.3 Å². The number of hydrogen-bond acceptors (Lipinski definition) is 4. The van der Waals surface area contributed by atoms with E-state index in [1.54, 1.807) is 17.5 Å². The maximum atomic E-state index is 12.7. The first kappa shape index (κ1) is 17.1. The summed E-state index contributed by atoms with van der Waals surface area (Å²) in [5, 5.41) is 1.99. The molecule has 1 amide bonds. The van der Waals surface area contributed by atoms with Crippen LogP contribution in [-0.4, -0.2) is 35.0 Å². The Morgan fingerprint density at radius 2 is 2.42 bits per heavy atom. The minimum Gasteiger partial charge on any atom is -0.372 e. The third-order valence-corrected chi connectivity index (χ3v) is 5.27. The molecule has 3 heterocycles. The fraction of sp³-hybridized carbons (Fsp3) is 0.474. The Balaban J connectivity index is 1.55. The Morgan fingerprint density at radius 3 is 3.21 bits per heavy atom. The average molecular weight is 344 g/mol. The second kappa shape index (κ2) is 8.40. The number of pyridine rings is 1. The number of ether oxygens (including phenoxy) is 1. The lowest BCUT2D eigenvalue weighted by Crippen LogP contribution is -2.43. The molecule has 1 unspecified atom stereocenters. The molecule has 0 aromatic carbocycles. The highest BCUT2D eigenvalue weighted by molar-refractivity contribution is 7.10. The van der Waals surface area contributed by atoms with E-state index in [-0.39, 0.29) is 12.0 Å². The number of rotatable bonds is 6. The third kappa shape index (κ3) is 4.42.